The summed E-state index contributed by atoms with van der Waals surface area (Å²) in [6, 6.07) is 3.80. The largest absolute Gasteiger partial charge is 0.493 e. The Balaban J connectivity index is 3.17. The van der Waals surface area contributed by atoms with E-state index in [2.05, 4.69) is 4.99 Å². The summed E-state index contributed by atoms with van der Waals surface area (Å²) in [6.45, 7) is 0.495. The fraction of sp³-hybridized carbons (Fsp3) is 0.533. The van der Waals surface area contributed by atoms with Gasteiger partial charge in [-0.15, -0.1) is 0 Å². The lowest BCUT2D eigenvalue weighted by Crippen LogP contribution is -2.35. The first-order valence-corrected chi connectivity index (χ1v) is 6.63. The number of ether oxygens (including phenoxy) is 3. The molecule has 0 unspecified atom stereocenters. The first-order chi connectivity index (χ1) is 9.96. The molecule has 1 aromatic rings. The van der Waals surface area contributed by atoms with Gasteiger partial charge in [0, 0.05) is 33.8 Å². The molecule has 0 aliphatic rings. The lowest BCUT2D eigenvalue weighted by molar-refractivity contribution is 0.322. The van der Waals surface area contributed by atoms with E-state index in [1.165, 1.54) is 0 Å². The van der Waals surface area contributed by atoms with Gasteiger partial charge in [-0.25, -0.2) is 4.99 Å². The fourth-order valence-corrected chi connectivity index (χ4v) is 2.13. The molecular formula is C15H25N3O3. The van der Waals surface area contributed by atoms with E-state index in [4.69, 9.17) is 14.2 Å². The van der Waals surface area contributed by atoms with Gasteiger partial charge in [-0.1, -0.05) is 0 Å². The van der Waals surface area contributed by atoms with Crippen molar-refractivity contribution in [1.29, 1.82) is 0 Å². The van der Waals surface area contributed by atoms with E-state index in [0.29, 0.717) is 23.8 Å². The molecule has 0 saturated heterocycles. The van der Waals surface area contributed by atoms with E-state index in [0.717, 1.165) is 11.5 Å². The Morgan fingerprint density at radius 2 is 1.48 bits per heavy atom. The van der Waals surface area contributed by atoms with Crippen LogP contribution in [0.3, 0.4) is 0 Å². The summed E-state index contributed by atoms with van der Waals surface area (Å²) in [7, 11) is 12.7. The highest BCUT2D eigenvalue weighted by molar-refractivity contribution is 5.79. The van der Waals surface area contributed by atoms with Gasteiger partial charge in [0.2, 0.25) is 5.75 Å². The van der Waals surface area contributed by atoms with Crippen LogP contribution in [0.25, 0.3) is 0 Å². The van der Waals surface area contributed by atoms with Gasteiger partial charge in [-0.3, -0.25) is 0 Å². The minimum Gasteiger partial charge on any atom is -0.493 e. The standard InChI is InChI=1S/C15H25N3O3/c1-17(2)15(18(3)4)16-10-11-8-9-12(19-5)14(21-7)13(11)20-6/h8-9H,10H2,1-7H3. The summed E-state index contributed by atoms with van der Waals surface area (Å²) in [6.07, 6.45) is 0. The van der Waals surface area contributed by atoms with Crippen molar-refractivity contribution in [1.82, 2.24) is 9.80 Å². The number of guanidine groups is 1. The maximum Gasteiger partial charge on any atom is 0.203 e. The van der Waals surface area contributed by atoms with E-state index >= 15 is 0 Å². The summed E-state index contributed by atoms with van der Waals surface area (Å²) in [5.41, 5.74) is 0.941. The first kappa shape index (κ1) is 16.9. The van der Waals surface area contributed by atoms with E-state index < -0.39 is 0 Å². The number of rotatable bonds is 5. The predicted molar refractivity (Wildman–Crippen MR) is 84.6 cm³/mol. The topological polar surface area (TPSA) is 46.5 Å². The highest BCUT2D eigenvalue weighted by Gasteiger charge is 2.16. The number of benzene rings is 1. The average molecular weight is 295 g/mol. The lowest BCUT2D eigenvalue weighted by Gasteiger charge is -2.23. The highest BCUT2D eigenvalue weighted by Crippen LogP contribution is 2.39. The maximum absolute atomic E-state index is 5.46. The molecule has 0 aliphatic carbocycles. The monoisotopic (exact) mass is 295 g/mol. The maximum atomic E-state index is 5.46. The molecule has 6 heteroatoms. The number of nitrogens with zero attached hydrogens (tertiary/aromatic N) is 3. The van der Waals surface area contributed by atoms with Crippen molar-refractivity contribution in [3.8, 4) is 17.2 Å². The van der Waals surface area contributed by atoms with Crippen molar-refractivity contribution in [2.75, 3.05) is 49.5 Å². The molecule has 0 N–H and O–H groups in total. The van der Waals surface area contributed by atoms with E-state index in [1.54, 1.807) is 21.3 Å². The van der Waals surface area contributed by atoms with Gasteiger partial charge >= 0.3 is 0 Å². The van der Waals surface area contributed by atoms with Crippen LogP contribution in [0.2, 0.25) is 0 Å². The van der Waals surface area contributed by atoms with Crippen molar-refractivity contribution >= 4 is 5.96 Å². The molecule has 0 bridgehead atoms. The molecule has 1 rings (SSSR count). The Labute approximate surface area is 126 Å². The zero-order chi connectivity index (χ0) is 16.0. The van der Waals surface area contributed by atoms with Crippen LogP contribution < -0.4 is 14.2 Å². The van der Waals surface area contributed by atoms with Crippen molar-refractivity contribution in [3.63, 3.8) is 0 Å². The fourth-order valence-electron chi connectivity index (χ4n) is 2.13. The molecule has 0 aliphatic heterocycles. The minimum absolute atomic E-state index is 0.495. The van der Waals surface area contributed by atoms with Crippen molar-refractivity contribution in [2.24, 2.45) is 4.99 Å². The van der Waals surface area contributed by atoms with Gasteiger partial charge in [0.1, 0.15) is 0 Å². The highest BCUT2D eigenvalue weighted by atomic mass is 16.5. The third kappa shape index (κ3) is 3.93. The van der Waals surface area contributed by atoms with E-state index in [1.807, 2.05) is 50.1 Å². The third-order valence-electron chi connectivity index (χ3n) is 2.98. The zero-order valence-corrected chi connectivity index (χ0v) is 13.9. The minimum atomic E-state index is 0.495. The molecule has 118 valence electrons. The molecule has 0 amide bonds. The Morgan fingerprint density at radius 3 is 1.90 bits per heavy atom. The number of hydrogen-bond donors (Lipinski definition) is 0. The van der Waals surface area contributed by atoms with Gasteiger partial charge in [-0.2, -0.15) is 0 Å². The van der Waals surface area contributed by atoms with Crippen LogP contribution in [-0.2, 0) is 6.54 Å². The van der Waals surface area contributed by atoms with Crippen molar-refractivity contribution < 1.29 is 14.2 Å². The van der Waals surface area contributed by atoms with Gasteiger partial charge in [0.05, 0.1) is 27.9 Å². The SMILES string of the molecule is COc1ccc(CN=C(N(C)C)N(C)C)c(OC)c1OC. The molecule has 0 saturated carbocycles. The number of methoxy groups -OCH3 is 3. The zero-order valence-electron chi connectivity index (χ0n) is 13.9. The molecule has 0 aromatic heterocycles. The van der Waals surface area contributed by atoms with Gasteiger partial charge in [-0.05, 0) is 12.1 Å². The molecule has 0 heterocycles. The van der Waals surface area contributed by atoms with E-state index in [9.17, 15) is 0 Å². The second-order valence-corrected chi connectivity index (χ2v) is 4.90. The summed E-state index contributed by atoms with van der Waals surface area (Å²) in [5.74, 6) is 2.76. The molecule has 21 heavy (non-hydrogen) atoms. The normalized spacial score (nSPS) is 9.86. The van der Waals surface area contributed by atoms with Crippen LogP contribution in [0.15, 0.2) is 17.1 Å². The van der Waals surface area contributed by atoms with Gasteiger partial charge in [0.25, 0.3) is 0 Å². The Kier molecular flexibility index (Phi) is 6.14. The van der Waals surface area contributed by atoms with Crippen molar-refractivity contribution in [2.45, 2.75) is 6.54 Å². The van der Waals surface area contributed by atoms with Crippen LogP contribution in [0.4, 0.5) is 0 Å². The molecular weight excluding hydrogens is 270 g/mol. The number of aliphatic imine (C=N–C) groups is 1. The van der Waals surface area contributed by atoms with Gasteiger partial charge < -0.3 is 24.0 Å². The summed E-state index contributed by atoms with van der Waals surface area (Å²) < 4.78 is 16.1. The third-order valence-corrected chi connectivity index (χ3v) is 2.98. The number of hydrogen-bond acceptors (Lipinski definition) is 4. The van der Waals surface area contributed by atoms with Gasteiger partial charge in [0.15, 0.2) is 17.5 Å². The lowest BCUT2D eigenvalue weighted by atomic mass is 10.1. The molecule has 0 fully saturated rings. The van der Waals surface area contributed by atoms with Crippen LogP contribution in [-0.4, -0.2) is 65.3 Å². The summed E-state index contributed by atoms with van der Waals surface area (Å²) in [5, 5.41) is 0. The average Bonchev–Trinajstić information content (AvgIpc) is 2.45. The first-order valence-electron chi connectivity index (χ1n) is 6.63. The van der Waals surface area contributed by atoms with Crippen LogP contribution >= 0.6 is 0 Å². The quantitative estimate of drug-likeness (QED) is 0.611. The molecule has 0 radical (unpaired) electrons. The van der Waals surface area contributed by atoms with Crippen LogP contribution in [0.5, 0.6) is 17.2 Å². The molecule has 0 atom stereocenters. The Bertz CT molecular complexity index is 489. The molecule has 1 aromatic carbocycles. The smallest absolute Gasteiger partial charge is 0.203 e. The van der Waals surface area contributed by atoms with Crippen LogP contribution in [0.1, 0.15) is 5.56 Å². The molecule has 0 spiro atoms. The van der Waals surface area contributed by atoms with Crippen LogP contribution in [0, 0.1) is 0 Å². The summed E-state index contributed by atoms with van der Waals surface area (Å²) in [4.78, 5) is 8.56. The second-order valence-electron chi connectivity index (χ2n) is 4.90. The van der Waals surface area contributed by atoms with E-state index in [-0.39, 0.29) is 0 Å². The second kappa shape index (κ2) is 7.61. The molecule has 6 nitrogen and oxygen atoms in total. The summed E-state index contributed by atoms with van der Waals surface area (Å²) >= 11 is 0. The van der Waals surface area contributed by atoms with Crippen molar-refractivity contribution in [3.05, 3.63) is 17.7 Å². The predicted octanol–water partition coefficient (Wildman–Crippen LogP) is 1.69. The Morgan fingerprint density at radius 1 is 0.905 bits per heavy atom. The Hall–Kier alpha value is -2.11.